The smallest absolute Gasteiger partial charge is 0.0488 e. The first-order valence-corrected chi connectivity index (χ1v) is 20.4. The molecule has 2 aliphatic heterocycles. The average Bonchev–Trinajstić information content (AvgIpc) is 3.44. The van der Waals surface area contributed by atoms with E-state index in [4.69, 9.17) is 0 Å². The molecular weight excluding hydrogens is 665 g/mol. The van der Waals surface area contributed by atoms with Gasteiger partial charge in [-0.25, -0.2) is 0 Å². The lowest BCUT2D eigenvalue weighted by Gasteiger charge is -2.45. The van der Waals surface area contributed by atoms with Crippen LogP contribution in [-0.4, -0.2) is 12.1 Å². The van der Waals surface area contributed by atoms with E-state index >= 15 is 0 Å². The Kier molecular flexibility index (Phi) is 8.03. The first-order chi connectivity index (χ1) is 26.8. The molecule has 4 aliphatic rings. The normalized spacial score (nSPS) is 18.0. The highest BCUT2D eigenvalue weighted by molar-refractivity contribution is 6.04. The topological polar surface area (TPSA) is 6.48 Å². The molecule has 0 N–H and O–H groups in total. The lowest BCUT2D eigenvalue weighted by atomic mass is 9.81. The van der Waals surface area contributed by atoms with Gasteiger partial charge in [-0.3, -0.25) is 0 Å². The zero-order valence-corrected chi connectivity index (χ0v) is 32.7. The van der Waals surface area contributed by atoms with Crippen LogP contribution in [0.4, 0.5) is 17.1 Å². The summed E-state index contributed by atoms with van der Waals surface area (Å²) in [6, 6.07) is 46.0. The average molecular weight is 715 g/mol. The summed E-state index contributed by atoms with van der Waals surface area (Å²) in [6.45, 7) is 10.7. The Morgan fingerprint density at radius 1 is 0.600 bits per heavy atom. The van der Waals surface area contributed by atoms with Crippen LogP contribution in [0.3, 0.4) is 0 Å². The Morgan fingerprint density at radius 2 is 1.31 bits per heavy atom. The van der Waals surface area contributed by atoms with Crippen LogP contribution in [0.5, 0.6) is 0 Å². The molecule has 2 heteroatoms. The van der Waals surface area contributed by atoms with Crippen LogP contribution in [0.1, 0.15) is 87.6 Å². The number of fused-ring (bicyclic) bond motifs is 5. The second-order valence-corrected chi connectivity index (χ2v) is 17.2. The van der Waals surface area contributed by atoms with Crippen LogP contribution in [0.25, 0.3) is 45.2 Å². The van der Waals surface area contributed by atoms with Crippen molar-refractivity contribution in [1.29, 1.82) is 0 Å². The molecule has 6 aromatic rings. The lowest BCUT2D eigenvalue weighted by molar-refractivity contribution is 0.447. The van der Waals surface area contributed by atoms with Gasteiger partial charge in [-0.1, -0.05) is 135 Å². The van der Waals surface area contributed by atoms with Crippen molar-refractivity contribution >= 4 is 40.0 Å². The molecule has 0 atom stereocenters. The zero-order valence-electron chi connectivity index (χ0n) is 32.7. The second-order valence-electron chi connectivity index (χ2n) is 17.2. The highest BCUT2D eigenvalue weighted by atomic mass is 15.2. The second kappa shape index (κ2) is 13.0. The van der Waals surface area contributed by atoms with Gasteiger partial charge in [-0.2, -0.15) is 0 Å². The number of nitrogens with zero attached hydrogens (tertiary/aromatic N) is 2. The number of anilines is 3. The number of benzene rings is 6. The molecular formula is C53H50N2. The summed E-state index contributed by atoms with van der Waals surface area (Å²) in [4.78, 5) is 5.19. The van der Waals surface area contributed by atoms with Crippen molar-refractivity contribution in [2.24, 2.45) is 0 Å². The number of allylic oxidation sites excluding steroid dienone is 4. The van der Waals surface area contributed by atoms with Crippen molar-refractivity contribution in [1.82, 2.24) is 0 Å². The third-order valence-corrected chi connectivity index (χ3v) is 13.1. The van der Waals surface area contributed by atoms with Crippen molar-refractivity contribution in [3.63, 3.8) is 0 Å². The summed E-state index contributed by atoms with van der Waals surface area (Å²) in [6.07, 6.45) is 16.2. The minimum Gasteiger partial charge on any atom is -0.344 e. The molecule has 55 heavy (non-hydrogen) atoms. The molecule has 0 unspecified atom stereocenters. The molecule has 0 fully saturated rings. The maximum Gasteiger partial charge on any atom is 0.0488 e. The zero-order chi connectivity index (χ0) is 37.3. The summed E-state index contributed by atoms with van der Waals surface area (Å²) in [5.74, 6) is 0. The molecule has 0 saturated heterocycles. The third kappa shape index (κ3) is 5.68. The highest BCUT2D eigenvalue weighted by Crippen LogP contribution is 2.52. The molecule has 0 radical (unpaired) electrons. The van der Waals surface area contributed by atoms with E-state index in [1.54, 1.807) is 0 Å². The number of aryl methyl sites for hydroxylation is 1. The first kappa shape index (κ1) is 33.9. The van der Waals surface area contributed by atoms with Gasteiger partial charge in [0.15, 0.2) is 0 Å². The SMILES string of the molecule is CC1(C)c2cc(C=Cc3ccc(-c4ccc(N5CCCC6=C5CCC=C6)c5ccccc45)cc3)ccc2-c2ccc(N3c4ccccc4CCC3(C)C)cc21. The third-order valence-electron chi connectivity index (χ3n) is 13.1. The quantitative estimate of drug-likeness (QED) is 0.164. The van der Waals surface area contributed by atoms with E-state index < -0.39 is 0 Å². The molecule has 2 nitrogen and oxygen atoms in total. The molecule has 2 heterocycles. The fourth-order valence-electron chi connectivity index (χ4n) is 10.1. The summed E-state index contributed by atoms with van der Waals surface area (Å²) in [5, 5.41) is 2.66. The molecule has 0 aromatic heterocycles. The maximum atomic E-state index is 2.60. The number of hydrogen-bond donors (Lipinski definition) is 0. The number of hydrogen-bond acceptors (Lipinski definition) is 2. The predicted molar refractivity (Wildman–Crippen MR) is 235 cm³/mol. The van der Waals surface area contributed by atoms with Crippen molar-refractivity contribution < 1.29 is 0 Å². The molecule has 0 bridgehead atoms. The minimum absolute atomic E-state index is 0.0507. The molecule has 0 amide bonds. The van der Waals surface area contributed by atoms with Crippen molar-refractivity contribution in [3.05, 3.63) is 173 Å². The fourth-order valence-corrected chi connectivity index (χ4v) is 10.1. The number of para-hydroxylation sites is 1. The fraction of sp³-hybridized carbons (Fsp3) is 0.245. The largest absolute Gasteiger partial charge is 0.344 e. The van der Waals surface area contributed by atoms with E-state index in [0.717, 1.165) is 32.2 Å². The number of rotatable bonds is 5. The van der Waals surface area contributed by atoms with E-state index in [0.29, 0.717) is 0 Å². The predicted octanol–water partition coefficient (Wildman–Crippen LogP) is 14.1. The molecule has 10 rings (SSSR count). The van der Waals surface area contributed by atoms with E-state index in [-0.39, 0.29) is 11.0 Å². The van der Waals surface area contributed by atoms with Gasteiger partial charge >= 0.3 is 0 Å². The van der Waals surface area contributed by atoms with Crippen LogP contribution < -0.4 is 9.80 Å². The van der Waals surface area contributed by atoms with Crippen LogP contribution >= 0.6 is 0 Å². The van der Waals surface area contributed by atoms with Crippen LogP contribution in [-0.2, 0) is 11.8 Å². The lowest BCUT2D eigenvalue weighted by Crippen LogP contribution is -2.44. The van der Waals surface area contributed by atoms with Crippen molar-refractivity contribution in [2.75, 3.05) is 16.3 Å². The van der Waals surface area contributed by atoms with Gasteiger partial charge < -0.3 is 9.80 Å². The molecule has 2 aliphatic carbocycles. The Labute approximate surface area is 327 Å². The monoisotopic (exact) mass is 714 g/mol. The van der Waals surface area contributed by atoms with Gasteiger partial charge in [-0.05, 0) is 138 Å². The summed E-state index contributed by atoms with van der Waals surface area (Å²) < 4.78 is 0. The van der Waals surface area contributed by atoms with Crippen LogP contribution in [0, 0.1) is 0 Å². The van der Waals surface area contributed by atoms with E-state index in [1.807, 2.05) is 0 Å². The van der Waals surface area contributed by atoms with Gasteiger partial charge in [0.2, 0.25) is 0 Å². The van der Waals surface area contributed by atoms with Crippen molar-refractivity contribution in [2.45, 2.75) is 77.2 Å². The molecule has 6 aromatic carbocycles. The van der Waals surface area contributed by atoms with Crippen LogP contribution in [0.2, 0.25) is 0 Å². The maximum absolute atomic E-state index is 2.60. The minimum atomic E-state index is -0.0926. The highest BCUT2D eigenvalue weighted by Gasteiger charge is 2.38. The van der Waals surface area contributed by atoms with Crippen LogP contribution in [0.15, 0.2) is 145 Å². The Hall–Kier alpha value is -5.60. The van der Waals surface area contributed by atoms with Gasteiger partial charge in [0, 0.05) is 45.6 Å². The van der Waals surface area contributed by atoms with Gasteiger partial charge in [0.1, 0.15) is 0 Å². The summed E-state index contributed by atoms with van der Waals surface area (Å²) in [7, 11) is 0. The molecule has 0 spiro atoms. The van der Waals surface area contributed by atoms with E-state index in [2.05, 4.69) is 183 Å². The van der Waals surface area contributed by atoms with Gasteiger partial charge in [0.25, 0.3) is 0 Å². The Morgan fingerprint density at radius 3 is 2.16 bits per heavy atom. The van der Waals surface area contributed by atoms with E-state index in [9.17, 15) is 0 Å². The van der Waals surface area contributed by atoms with E-state index in [1.165, 1.54) is 102 Å². The van der Waals surface area contributed by atoms with Crippen molar-refractivity contribution in [3.8, 4) is 22.3 Å². The van der Waals surface area contributed by atoms with Gasteiger partial charge in [0.05, 0.1) is 0 Å². The van der Waals surface area contributed by atoms with Gasteiger partial charge in [-0.15, -0.1) is 0 Å². The molecule has 272 valence electrons. The molecule has 0 saturated carbocycles. The Balaban J connectivity index is 0.913. The standard InChI is InChI=1S/C53H50N2/c1-52(2)32-31-40-13-6-10-18-50(40)55(52)41-26-28-45-44-27-23-37(34-47(44)53(3,4)48(45)35-41)20-19-36-21-24-38(25-22-36)42-29-30-51(46-16-8-7-15-43(42)46)54-33-11-14-39-12-5-9-17-49(39)54/h5-8,10,12-13,15-16,18-30,34-35H,9,11,14,17,31-33H2,1-4H3. The Bertz CT molecular complexity index is 2580. The summed E-state index contributed by atoms with van der Waals surface area (Å²) >= 11 is 0. The first-order valence-electron chi connectivity index (χ1n) is 20.4. The summed E-state index contributed by atoms with van der Waals surface area (Å²) in [5.41, 5.74) is 19.0.